The van der Waals surface area contributed by atoms with Gasteiger partial charge in [0.25, 0.3) is 0 Å². The second kappa shape index (κ2) is 4.91. The van der Waals surface area contributed by atoms with Crippen LogP contribution in [0.4, 0.5) is 0 Å². The zero-order chi connectivity index (χ0) is 11.3. The summed E-state index contributed by atoms with van der Waals surface area (Å²) in [6, 6.07) is 3.92. The van der Waals surface area contributed by atoms with Crippen molar-refractivity contribution in [2.45, 2.75) is 27.2 Å². The minimum Gasteiger partial charge on any atom is -0.355 e. The first-order valence-corrected chi connectivity index (χ1v) is 5.17. The van der Waals surface area contributed by atoms with Crippen LogP contribution in [0, 0.1) is 5.41 Å². The van der Waals surface area contributed by atoms with Crippen molar-refractivity contribution in [3.8, 4) is 0 Å². The Kier molecular flexibility index (Phi) is 3.83. The van der Waals surface area contributed by atoms with E-state index in [9.17, 15) is 4.79 Å². The number of nitrogens with zero attached hydrogens (tertiary/aromatic N) is 1. The highest BCUT2D eigenvalue weighted by molar-refractivity contribution is 5.81. The van der Waals surface area contributed by atoms with Gasteiger partial charge in [-0.15, -0.1) is 0 Å². The summed E-state index contributed by atoms with van der Waals surface area (Å²) in [5.74, 6) is 0.0940. The Bertz CT molecular complexity index is 314. The Morgan fingerprint density at radius 1 is 1.33 bits per heavy atom. The lowest BCUT2D eigenvalue weighted by Crippen LogP contribution is -2.35. The Morgan fingerprint density at radius 3 is 2.47 bits per heavy atom. The van der Waals surface area contributed by atoms with Crippen LogP contribution >= 0.6 is 0 Å². The van der Waals surface area contributed by atoms with Crippen molar-refractivity contribution in [2.75, 3.05) is 6.54 Å². The van der Waals surface area contributed by atoms with Crippen molar-refractivity contribution >= 4 is 5.91 Å². The Hall–Kier alpha value is -1.38. The van der Waals surface area contributed by atoms with Gasteiger partial charge in [-0.2, -0.15) is 0 Å². The Morgan fingerprint density at radius 2 is 1.93 bits per heavy atom. The number of pyridine rings is 1. The molecule has 1 N–H and O–H groups in total. The number of carbonyl (C=O) groups is 1. The van der Waals surface area contributed by atoms with E-state index in [0.29, 0.717) is 6.54 Å². The summed E-state index contributed by atoms with van der Waals surface area (Å²) < 4.78 is 0. The van der Waals surface area contributed by atoms with Gasteiger partial charge in [0.2, 0.25) is 5.91 Å². The van der Waals surface area contributed by atoms with Gasteiger partial charge in [-0.05, 0) is 24.1 Å². The molecule has 3 nitrogen and oxygen atoms in total. The molecule has 0 saturated carbocycles. The molecule has 0 saturated heterocycles. The van der Waals surface area contributed by atoms with Gasteiger partial charge in [0.05, 0.1) is 0 Å². The maximum absolute atomic E-state index is 11.5. The minimum absolute atomic E-state index is 0.0940. The van der Waals surface area contributed by atoms with Crippen LogP contribution in [-0.4, -0.2) is 17.4 Å². The second-order valence-corrected chi connectivity index (χ2v) is 4.61. The number of aromatic nitrogens is 1. The molecular weight excluding hydrogens is 188 g/mol. The number of hydrogen-bond donors (Lipinski definition) is 1. The van der Waals surface area contributed by atoms with Crippen molar-refractivity contribution in [1.29, 1.82) is 0 Å². The van der Waals surface area contributed by atoms with E-state index in [0.717, 1.165) is 6.42 Å². The van der Waals surface area contributed by atoms with Crippen LogP contribution in [0.25, 0.3) is 0 Å². The van der Waals surface area contributed by atoms with Crippen molar-refractivity contribution in [1.82, 2.24) is 10.3 Å². The molecule has 0 aromatic carbocycles. The molecule has 0 spiro atoms. The molecular formula is C12H18N2O. The van der Waals surface area contributed by atoms with Gasteiger partial charge in [-0.3, -0.25) is 9.78 Å². The van der Waals surface area contributed by atoms with Crippen molar-refractivity contribution < 1.29 is 4.79 Å². The summed E-state index contributed by atoms with van der Waals surface area (Å²) in [6.45, 7) is 6.42. The van der Waals surface area contributed by atoms with Crippen LogP contribution in [0.3, 0.4) is 0 Å². The summed E-state index contributed by atoms with van der Waals surface area (Å²) in [4.78, 5) is 15.5. The van der Waals surface area contributed by atoms with Gasteiger partial charge in [0.1, 0.15) is 0 Å². The third-order valence-corrected chi connectivity index (χ3v) is 2.13. The maximum Gasteiger partial charge on any atom is 0.225 e. The number of nitrogens with one attached hydrogen (secondary N) is 1. The fourth-order valence-corrected chi connectivity index (χ4v) is 1.13. The van der Waals surface area contributed by atoms with Crippen LogP contribution in [-0.2, 0) is 11.2 Å². The highest BCUT2D eigenvalue weighted by Crippen LogP contribution is 2.12. The van der Waals surface area contributed by atoms with Gasteiger partial charge in [0, 0.05) is 24.4 Å². The van der Waals surface area contributed by atoms with Crippen LogP contribution < -0.4 is 5.32 Å². The molecule has 15 heavy (non-hydrogen) atoms. The molecule has 1 aromatic rings. The van der Waals surface area contributed by atoms with Gasteiger partial charge >= 0.3 is 0 Å². The zero-order valence-electron chi connectivity index (χ0n) is 9.58. The molecule has 0 unspecified atom stereocenters. The van der Waals surface area contributed by atoms with E-state index in [-0.39, 0.29) is 11.3 Å². The first-order chi connectivity index (χ1) is 7.00. The predicted octanol–water partition coefficient (Wildman–Crippen LogP) is 1.79. The molecule has 0 radical (unpaired) electrons. The van der Waals surface area contributed by atoms with Crippen LogP contribution in [0.2, 0.25) is 0 Å². The molecule has 0 fully saturated rings. The van der Waals surface area contributed by atoms with E-state index in [4.69, 9.17) is 0 Å². The SMILES string of the molecule is CC(C)(C)C(=O)NCCc1ccncc1. The molecule has 1 amide bonds. The summed E-state index contributed by atoms with van der Waals surface area (Å²) in [6.07, 6.45) is 4.38. The average molecular weight is 206 g/mol. The van der Waals surface area contributed by atoms with Crippen molar-refractivity contribution in [2.24, 2.45) is 5.41 Å². The molecule has 82 valence electrons. The normalized spacial score (nSPS) is 11.1. The summed E-state index contributed by atoms with van der Waals surface area (Å²) in [5, 5.41) is 2.91. The van der Waals surface area contributed by atoms with Crippen LogP contribution in [0.1, 0.15) is 26.3 Å². The maximum atomic E-state index is 11.5. The van der Waals surface area contributed by atoms with Crippen LogP contribution in [0.5, 0.6) is 0 Å². The average Bonchev–Trinajstić information content (AvgIpc) is 2.18. The quantitative estimate of drug-likeness (QED) is 0.819. The molecule has 0 bridgehead atoms. The molecule has 0 aliphatic rings. The van der Waals surface area contributed by atoms with Gasteiger partial charge in [0.15, 0.2) is 0 Å². The largest absolute Gasteiger partial charge is 0.355 e. The van der Waals surface area contributed by atoms with E-state index < -0.39 is 0 Å². The fourth-order valence-electron chi connectivity index (χ4n) is 1.13. The molecule has 1 heterocycles. The highest BCUT2D eigenvalue weighted by Gasteiger charge is 2.20. The number of hydrogen-bond acceptors (Lipinski definition) is 2. The standard InChI is InChI=1S/C12H18N2O/c1-12(2,3)11(15)14-9-6-10-4-7-13-8-5-10/h4-5,7-8H,6,9H2,1-3H3,(H,14,15). The molecule has 0 aliphatic heterocycles. The lowest BCUT2D eigenvalue weighted by Gasteiger charge is -2.17. The summed E-state index contributed by atoms with van der Waals surface area (Å²) in [7, 11) is 0. The minimum atomic E-state index is -0.307. The zero-order valence-corrected chi connectivity index (χ0v) is 9.58. The first kappa shape index (κ1) is 11.7. The number of rotatable bonds is 3. The van der Waals surface area contributed by atoms with Crippen LogP contribution in [0.15, 0.2) is 24.5 Å². The predicted molar refractivity (Wildman–Crippen MR) is 60.4 cm³/mol. The van der Waals surface area contributed by atoms with E-state index in [1.165, 1.54) is 5.56 Å². The second-order valence-electron chi connectivity index (χ2n) is 4.61. The topological polar surface area (TPSA) is 42.0 Å². The molecule has 1 aromatic heterocycles. The summed E-state index contributed by atoms with van der Waals surface area (Å²) >= 11 is 0. The van der Waals surface area contributed by atoms with Gasteiger partial charge in [-0.1, -0.05) is 20.8 Å². The lowest BCUT2D eigenvalue weighted by molar-refractivity contribution is -0.128. The molecule has 0 aliphatic carbocycles. The fraction of sp³-hybridized carbons (Fsp3) is 0.500. The first-order valence-electron chi connectivity index (χ1n) is 5.17. The molecule has 1 rings (SSSR count). The monoisotopic (exact) mass is 206 g/mol. The molecule has 3 heteroatoms. The third-order valence-electron chi connectivity index (χ3n) is 2.13. The van der Waals surface area contributed by atoms with E-state index in [1.54, 1.807) is 12.4 Å². The van der Waals surface area contributed by atoms with Gasteiger partial charge < -0.3 is 5.32 Å². The Balaban J connectivity index is 2.32. The highest BCUT2D eigenvalue weighted by atomic mass is 16.2. The van der Waals surface area contributed by atoms with E-state index in [2.05, 4.69) is 10.3 Å². The summed E-state index contributed by atoms with van der Waals surface area (Å²) in [5.41, 5.74) is 0.886. The Labute approximate surface area is 90.9 Å². The van der Waals surface area contributed by atoms with E-state index >= 15 is 0 Å². The lowest BCUT2D eigenvalue weighted by atomic mass is 9.95. The van der Waals surface area contributed by atoms with Crippen molar-refractivity contribution in [3.05, 3.63) is 30.1 Å². The number of amides is 1. The van der Waals surface area contributed by atoms with E-state index in [1.807, 2.05) is 32.9 Å². The van der Waals surface area contributed by atoms with Gasteiger partial charge in [-0.25, -0.2) is 0 Å². The smallest absolute Gasteiger partial charge is 0.225 e. The third kappa shape index (κ3) is 4.11. The van der Waals surface area contributed by atoms with Crippen molar-refractivity contribution in [3.63, 3.8) is 0 Å². The number of carbonyl (C=O) groups excluding carboxylic acids is 1. The molecule has 0 atom stereocenters.